The first-order chi connectivity index (χ1) is 6.65. The van der Waals surface area contributed by atoms with Gasteiger partial charge in [0.1, 0.15) is 5.75 Å². The smallest absolute Gasteiger partial charge is 0.228 e. The number of anilines is 1. The lowest BCUT2D eigenvalue weighted by Gasteiger charge is -2.10. The Kier molecular flexibility index (Phi) is 2.15. The Bertz CT molecular complexity index is 372. The van der Waals surface area contributed by atoms with E-state index >= 15 is 0 Å². The van der Waals surface area contributed by atoms with Crippen molar-refractivity contribution in [3.8, 4) is 5.75 Å². The Morgan fingerprint density at radius 2 is 2.21 bits per heavy atom. The van der Waals surface area contributed by atoms with Gasteiger partial charge in [0.15, 0.2) is 0 Å². The van der Waals surface area contributed by atoms with Crippen molar-refractivity contribution in [2.75, 3.05) is 5.32 Å². The molecule has 0 atom stereocenters. The molecular weight excluding hydrogens is 178 g/mol. The molecule has 0 radical (unpaired) electrons. The van der Waals surface area contributed by atoms with Crippen LogP contribution in [0.2, 0.25) is 0 Å². The van der Waals surface area contributed by atoms with E-state index < -0.39 is 0 Å². The van der Waals surface area contributed by atoms with Crippen LogP contribution in [-0.2, 0) is 11.2 Å². The van der Waals surface area contributed by atoms with Crippen LogP contribution in [0.4, 0.5) is 5.69 Å². The van der Waals surface area contributed by atoms with Gasteiger partial charge in [-0.3, -0.25) is 4.79 Å². The number of rotatable bonds is 2. The van der Waals surface area contributed by atoms with E-state index in [1.807, 2.05) is 32.0 Å². The third-order valence-corrected chi connectivity index (χ3v) is 2.08. The van der Waals surface area contributed by atoms with Crippen LogP contribution in [0.1, 0.15) is 19.4 Å². The quantitative estimate of drug-likeness (QED) is 0.776. The molecule has 74 valence electrons. The van der Waals surface area contributed by atoms with Crippen molar-refractivity contribution in [3.63, 3.8) is 0 Å². The zero-order valence-corrected chi connectivity index (χ0v) is 8.33. The van der Waals surface area contributed by atoms with Crippen LogP contribution >= 0.6 is 0 Å². The highest BCUT2D eigenvalue weighted by Gasteiger charge is 2.17. The van der Waals surface area contributed by atoms with Crippen LogP contribution in [-0.4, -0.2) is 12.0 Å². The highest BCUT2D eigenvalue weighted by molar-refractivity contribution is 5.99. The summed E-state index contributed by atoms with van der Waals surface area (Å²) >= 11 is 0. The summed E-state index contributed by atoms with van der Waals surface area (Å²) in [5.41, 5.74) is 1.93. The topological polar surface area (TPSA) is 38.3 Å². The van der Waals surface area contributed by atoms with Crippen LogP contribution in [0.15, 0.2) is 18.2 Å². The fraction of sp³-hybridized carbons (Fsp3) is 0.364. The fourth-order valence-electron chi connectivity index (χ4n) is 1.54. The van der Waals surface area contributed by atoms with Gasteiger partial charge in [0, 0.05) is 11.8 Å². The zero-order valence-electron chi connectivity index (χ0n) is 8.33. The molecule has 2 rings (SSSR count). The Hall–Kier alpha value is -1.51. The lowest BCUT2D eigenvalue weighted by molar-refractivity contribution is -0.115. The minimum absolute atomic E-state index is 0.0571. The van der Waals surface area contributed by atoms with E-state index in [9.17, 15) is 4.79 Å². The first-order valence-corrected chi connectivity index (χ1v) is 4.74. The van der Waals surface area contributed by atoms with Gasteiger partial charge in [-0.15, -0.1) is 0 Å². The van der Waals surface area contributed by atoms with Crippen molar-refractivity contribution < 1.29 is 9.53 Å². The Labute approximate surface area is 83.1 Å². The molecule has 3 heteroatoms. The number of carbonyl (C=O) groups excluding carboxylic acids is 1. The van der Waals surface area contributed by atoms with Crippen molar-refractivity contribution in [2.24, 2.45) is 0 Å². The number of carbonyl (C=O) groups is 1. The molecule has 0 saturated heterocycles. The molecule has 0 bridgehead atoms. The van der Waals surface area contributed by atoms with Crippen molar-refractivity contribution in [3.05, 3.63) is 23.8 Å². The van der Waals surface area contributed by atoms with E-state index in [4.69, 9.17) is 4.74 Å². The SMILES string of the molecule is CC(C)Oc1ccc2c(c1)NC(=O)C2. The second-order valence-electron chi connectivity index (χ2n) is 3.71. The third-order valence-electron chi connectivity index (χ3n) is 2.08. The van der Waals surface area contributed by atoms with E-state index in [-0.39, 0.29) is 12.0 Å². The maximum Gasteiger partial charge on any atom is 0.228 e. The Morgan fingerprint density at radius 3 is 2.93 bits per heavy atom. The maximum absolute atomic E-state index is 11.1. The van der Waals surface area contributed by atoms with E-state index in [0.717, 1.165) is 17.0 Å². The predicted octanol–water partition coefficient (Wildman–Crippen LogP) is 1.97. The van der Waals surface area contributed by atoms with Crippen molar-refractivity contribution in [1.82, 2.24) is 0 Å². The number of hydrogen-bond acceptors (Lipinski definition) is 2. The molecule has 3 nitrogen and oxygen atoms in total. The van der Waals surface area contributed by atoms with Crippen molar-refractivity contribution >= 4 is 11.6 Å². The molecule has 1 aliphatic heterocycles. The van der Waals surface area contributed by atoms with Gasteiger partial charge in [0.25, 0.3) is 0 Å². The van der Waals surface area contributed by atoms with Crippen molar-refractivity contribution in [2.45, 2.75) is 26.4 Å². The van der Waals surface area contributed by atoms with Crippen LogP contribution < -0.4 is 10.1 Å². The summed E-state index contributed by atoms with van der Waals surface area (Å²) < 4.78 is 5.52. The number of ether oxygens (including phenoxy) is 1. The number of benzene rings is 1. The summed E-state index contributed by atoms with van der Waals surface area (Å²) in [6, 6.07) is 5.71. The largest absolute Gasteiger partial charge is 0.491 e. The van der Waals surface area contributed by atoms with Crippen LogP contribution in [0.3, 0.4) is 0 Å². The molecule has 0 saturated carbocycles. The van der Waals surface area contributed by atoms with E-state index in [2.05, 4.69) is 5.32 Å². The Morgan fingerprint density at radius 1 is 1.43 bits per heavy atom. The average molecular weight is 191 g/mol. The van der Waals surface area contributed by atoms with E-state index in [0.29, 0.717) is 6.42 Å². The summed E-state index contributed by atoms with van der Waals surface area (Å²) in [6.45, 7) is 3.96. The first-order valence-electron chi connectivity index (χ1n) is 4.74. The monoisotopic (exact) mass is 191 g/mol. The second kappa shape index (κ2) is 3.33. The van der Waals surface area contributed by atoms with Gasteiger partial charge in [-0.25, -0.2) is 0 Å². The Balaban J connectivity index is 2.24. The molecule has 0 unspecified atom stereocenters. The molecule has 0 spiro atoms. The highest BCUT2D eigenvalue weighted by atomic mass is 16.5. The van der Waals surface area contributed by atoms with Gasteiger partial charge in [-0.05, 0) is 25.5 Å². The number of amides is 1. The fourth-order valence-corrected chi connectivity index (χ4v) is 1.54. The molecule has 1 aromatic rings. The van der Waals surface area contributed by atoms with Crippen LogP contribution in [0.5, 0.6) is 5.75 Å². The molecule has 1 aromatic carbocycles. The number of nitrogens with one attached hydrogen (secondary N) is 1. The molecule has 1 N–H and O–H groups in total. The molecular formula is C11H13NO2. The van der Waals surface area contributed by atoms with Gasteiger partial charge in [-0.1, -0.05) is 6.07 Å². The van der Waals surface area contributed by atoms with E-state index in [1.54, 1.807) is 0 Å². The summed E-state index contributed by atoms with van der Waals surface area (Å²) in [4.78, 5) is 11.1. The molecule has 0 aromatic heterocycles. The second-order valence-corrected chi connectivity index (χ2v) is 3.71. The van der Waals surface area contributed by atoms with Gasteiger partial charge in [0.05, 0.1) is 12.5 Å². The van der Waals surface area contributed by atoms with E-state index in [1.165, 1.54) is 0 Å². The molecule has 1 heterocycles. The highest BCUT2D eigenvalue weighted by Crippen LogP contribution is 2.27. The minimum atomic E-state index is 0.0571. The summed E-state index contributed by atoms with van der Waals surface area (Å²) in [5, 5.41) is 2.79. The summed E-state index contributed by atoms with van der Waals surface area (Å²) in [5.74, 6) is 0.864. The van der Waals surface area contributed by atoms with Gasteiger partial charge in [0.2, 0.25) is 5.91 Å². The summed E-state index contributed by atoms with van der Waals surface area (Å²) in [7, 11) is 0. The first kappa shape index (κ1) is 9.06. The van der Waals surface area contributed by atoms with Crippen LogP contribution in [0, 0.1) is 0 Å². The van der Waals surface area contributed by atoms with Crippen molar-refractivity contribution in [1.29, 1.82) is 0 Å². The van der Waals surface area contributed by atoms with Gasteiger partial charge >= 0.3 is 0 Å². The minimum Gasteiger partial charge on any atom is -0.491 e. The van der Waals surface area contributed by atoms with Gasteiger partial charge < -0.3 is 10.1 Å². The lowest BCUT2D eigenvalue weighted by atomic mass is 10.1. The maximum atomic E-state index is 11.1. The predicted molar refractivity (Wildman–Crippen MR) is 54.5 cm³/mol. The number of fused-ring (bicyclic) bond motifs is 1. The molecule has 0 aliphatic carbocycles. The normalized spacial score (nSPS) is 14.1. The standard InChI is InChI=1S/C11H13NO2/c1-7(2)14-9-4-3-8-5-11(13)12-10(8)6-9/h3-4,6-7H,5H2,1-2H3,(H,12,13). The zero-order chi connectivity index (χ0) is 10.1. The molecule has 1 amide bonds. The average Bonchev–Trinajstić information content (AvgIpc) is 2.42. The summed E-state index contributed by atoms with van der Waals surface area (Å²) in [6.07, 6.45) is 0.641. The molecule has 14 heavy (non-hydrogen) atoms. The van der Waals surface area contributed by atoms with Crippen LogP contribution in [0.25, 0.3) is 0 Å². The third kappa shape index (κ3) is 1.71. The number of hydrogen-bond donors (Lipinski definition) is 1. The lowest BCUT2D eigenvalue weighted by Crippen LogP contribution is -2.06. The molecule has 0 fully saturated rings. The van der Waals surface area contributed by atoms with Gasteiger partial charge in [-0.2, -0.15) is 0 Å². The molecule has 1 aliphatic rings.